The van der Waals surface area contributed by atoms with Crippen LogP contribution in [0.3, 0.4) is 0 Å². The molecule has 0 aromatic rings. The third-order valence-electron chi connectivity index (χ3n) is 1.71. The Bertz CT molecular complexity index is 335. The van der Waals surface area contributed by atoms with E-state index < -0.39 is 18.0 Å². The predicted molar refractivity (Wildman–Crippen MR) is 60.1 cm³/mol. The van der Waals surface area contributed by atoms with Crippen LogP contribution in [0.2, 0.25) is 0 Å². The van der Waals surface area contributed by atoms with E-state index in [4.69, 9.17) is 11.5 Å². The van der Waals surface area contributed by atoms with Crippen LogP contribution in [0.4, 0.5) is 4.79 Å². The summed E-state index contributed by atoms with van der Waals surface area (Å²) in [5.74, 6) is 0.756. The van der Waals surface area contributed by atoms with E-state index in [9.17, 15) is 14.4 Å². The second-order valence-electron chi connectivity index (χ2n) is 3.18. The van der Waals surface area contributed by atoms with Gasteiger partial charge in [0, 0.05) is 26.4 Å². The van der Waals surface area contributed by atoms with Crippen LogP contribution < -0.4 is 16.0 Å². The Morgan fingerprint density at radius 3 is 2.35 bits per heavy atom. The Hall–Kier alpha value is -2.23. The van der Waals surface area contributed by atoms with Gasteiger partial charge in [-0.2, -0.15) is 0 Å². The molecule has 0 radical (unpaired) electrons. The minimum absolute atomic E-state index is 0.0888. The largest absolute Gasteiger partial charge is 0.480 e. The molecule has 3 amide bonds. The molecular weight excluding hydrogens is 226 g/mol. The molecule has 4 N–H and O–H groups in total. The molecule has 0 aliphatic rings. The van der Waals surface area contributed by atoms with Crippen LogP contribution in [-0.2, 0) is 9.59 Å². The first-order valence-corrected chi connectivity index (χ1v) is 4.92. The van der Waals surface area contributed by atoms with Gasteiger partial charge in [-0.25, -0.2) is 9.59 Å². The summed E-state index contributed by atoms with van der Waals surface area (Å²) in [5.41, 5.74) is 0. The van der Waals surface area contributed by atoms with Crippen molar-refractivity contribution in [3.05, 3.63) is 0 Å². The molecule has 7 nitrogen and oxygen atoms in total. The quantitative estimate of drug-likeness (QED) is 0.349. The summed E-state index contributed by atoms with van der Waals surface area (Å²) in [5, 5.41) is 15.8. The second kappa shape index (κ2) is 7.98. The molecule has 0 saturated carbocycles. The van der Waals surface area contributed by atoms with E-state index in [1.807, 2.05) is 0 Å². The van der Waals surface area contributed by atoms with E-state index in [0.29, 0.717) is 0 Å². The van der Waals surface area contributed by atoms with Crippen LogP contribution >= 0.6 is 0 Å². The lowest BCUT2D eigenvalue weighted by Gasteiger charge is -2.12. The first kappa shape index (κ1) is 14.8. The number of carbonyl (C=O) groups excluding carboxylic acids is 2. The van der Waals surface area contributed by atoms with E-state index in [1.54, 1.807) is 0 Å². The number of hydrogen-bond acceptors (Lipinski definition) is 3. The number of amides is 3. The molecular formula is C10H15N3O4. The smallest absolute Gasteiger partial charge is 0.327 e. The number of hydrogen-bond donors (Lipinski definition) is 4. The summed E-state index contributed by atoms with van der Waals surface area (Å²) < 4.78 is 0. The highest BCUT2D eigenvalue weighted by Crippen LogP contribution is 1.90. The number of carboxylic acids is 1. The minimum atomic E-state index is -1.19. The lowest BCUT2D eigenvalue weighted by atomic mass is 10.2. The molecule has 0 bridgehead atoms. The minimum Gasteiger partial charge on any atom is -0.480 e. The Kier molecular flexibility index (Phi) is 6.94. The monoisotopic (exact) mass is 241 g/mol. The summed E-state index contributed by atoms with van der Waals surface area (Å²) in [4.78, 5) is 32.4. The summed E-state index contributed by atoms with van der Waals surface area (Å²) >= 11 is 0. The van der Waals surface area contributed by atoms with Gasteiger partial charge in [0.15, 0.2) is 0 Å². The van der Waals surface area contributed by atoms with Gasteiger partial charge in [-0.05, 0) is 0 Å². The molecule has 17 heavy (non-hydrogen) atoms. The fourth-order valence-corrected chi connectivity index (χ4v) is 0.942. The van der Waals surface area contributed by atoms with Crippen molar-refractivity contribution in [1.82, 2.24) is 16.0 Å². The van der Waals surface area contributed by atoms with E-state index in [1.165, 1.54) is 6.92 Å². The number of rotatable bonds is 6. The average molecular weight is 241 g/mol. The number of carbonyl (C=O) groups is 3. The number of aliphatic carboxylic acids is 1. The van der Waals surface area contributed by atoms with Crippen molar-refractivity contribution in [2.45, 2.75) is 19.4 Å². The molecule has 0 spiro atoms. The number of nitrogens with one attached hydrogen (secondary N) is 3. The number of terminal acetylenes is 1. The first-order chi connectivity index (χ1) is 7.97. The summed E-state index contributed by atoms with van der Waals surface area (Å²) in [6, 6.07) is -1.75. The van der Waals surface area contributed by atoms with Gasteiger partial charge < -0.3 is 21.1 Å². The molecule has 0 fully saturated rings. The third kappa shape index (κ3) is 7.67. The van der Waals surface area contributed by atoms with Crippen LogP contribution in [0, 0.1) is 12.3 Å². The fraction of sp³-hybridized carbons (Fsp3) is 0.500. The maximum Gasteiger partial charge on any atom is 0.327 e. The van der Waals surface area contributed by atoms with Crippen molar-refractivity contribution in [3.63, 3.8) is 0 Å². The van der Waals surface area contributed by atoms with Crippen LogP contribution in [-0.4, -0.2) is 42.1 Å². The van der Waals surface area contributed by atoms with E-state index in [0.717, 1.165) is 0 Å². The lowest BCUT2D eigenvalue weighted by molar-refractivity contribution is -0.139. The van der Waals surface area contributed by atoms with Gasteiger partial charge in [-0.15, -0.1) is 12.3 Å². The molecule has 0 heterocycles. The Balaban J connectivity index is 3.87. The fourth-order valence-electron chi connectivity index (χ4n) is 0.942. The summed E-state index contributed by atoms with van der Waals surface area (Å²) in [6.07, 6.45) is 4.88. The second-order valence-corrected chi connectivity index (χ2v) is 3.18. The van der Waals surface area contributed by atoms with Gasteiger partial charge in [-0.1, -0.05) is 0 Å². The van der Waals surface area contributed by atoms with Crippen molar-refractivity contribution in [2.24, 2.45) is 0 Å². The van der Waals surface area contributed by atoms with Crippen molar-refractivity contribution in [1.29, 1.82) is 0 Å². The van der Waals surface area contributed by atoms with Gasteiger partial charge in [-0.3, -0.25) is 4.79 Å². The van der Waals surface area contributed by atoms with Gasteiger partial charge in [0.05, 0.1) is 0 Å². The summed E-state index contributed by atoms with van der Waals surface area (Å²) in [6.45, 7) is 1.83. The normalized spacial score (nSPS) is 10.8. The number of carboxylic acid groups (broad SMARTS) is 1. The van der Waals surface area contributed by atoms with E-state index in [2.05, 4.69) is 21.9 Å². The molecule has 0 aromatic heterocycles. The average Bonchev–Trinajstić information content (AvgIpc) is 2.23. The van der Waals surface area contributed by atoms with Gasteiger partial charge in [0.25, 0.3) is 0 Å². The zero-order chi connectivity index (χ0) is 13.3. The van der Waals surface area contributed by atoms with Crippen LogP contribution in [0.5, 0.6) is 0 Å². The van der Waals surface area contributed by atoms with Crippen molar-refractivity contribution < 1.29 is 19.5 Å². The highest BCUT2D eigenvalue weighted by molar-refractivity contribution is 5.82. The van der Waals surface area contributed by atoms with Gasteiger partial charge in [0.1, 0.15) is 6.04 Å². The predicted octanol–water partition coefficient (Wildman–Crippen LogP) is -1.10. The highest BCUT2D eigenvalue weighted by Gasteiger charge is 2.18. The van der Waals surface area contributed by atoms with E-state index >= 15 is 0 Å². The van der Waals surface area contributed by atoms with Crippen LogP contribution in [0.25, 0.3) is 0 Å². The lowest BCUT2D eigenvalue weighted by Crippen LogP contribution is -2.47. The zero-order valence-corrected chi connectivity index (χ0v) is 9.45. The topological polar surface area (TPSA) is 108 Å². The molecule has 7 heteroatoms. The molecule has 1 atom stereocenters. The molecule has 0 saturated heterocycles. The molecule has 0 aromatic carbocycles. The third-order valence-corrected chi connectivity index (χ3v) is 1.71. The van der Waals surface area contributed by atoms with Gasteiger partial charge >= 0.3 is 12.0 Å². The maximum absolute atomic E-state index is 11.2. The van der Waals surface area contributed by atoms with E-state index in [-0.39, 0.29) is 25.4 Å². The molecule has 0 aliphatic carbocycles. The van der Waals surface area contributed by atoms with Crippen molar-refractivity contribution in [2.75, 3.05) is 13.1 Å². The van der Waals surface area contributed by atoms with Crippen LogP contribution in [0.1, 0.15) is 13.3 Å². The van der Waals surface area contributed by atoms with Gasteiger partial charge in [0.2, 0.25) is 5.91 Å². The number of urea groups is 1. The highest BCUT2D eigenvalue weighted by atomic mass is 16.4. The Morgan fingerprint density at radius 2 is 1.88 bits per heavy atom. The van der Waals surface area contributed by atoms with Crippen molar-refractivity contribution in [3.8, 4) is 12.3 Å². The zero-order valence-electron chi connectivity index (χ0n) is 9.45. The Morgan fingerprint density at radius 1 is 1.29 bits per heavy atom. The molecule has 0 aliphatic heterocycles. The first-order valence-electron chi connectivity index (χ1n) is 4.92. The Labute approximate surface area is 99.0 Å². The molecule has 1 unspecified atom stereocenters. The standard InChI is InChI=1S/C10H15N3O4/c1-3-4-8(9(15)16)13-10(17)12-6-5-11-7(2)14/h1,8H,4-6H2,2H3,(H,11,14)(H,15,16)(H2,12,13,17). The SMILES string of the molecule is C#CCC(NC(=O)NCCNC(C)=O)C(=O)O. The molecule has 0 rings (SSSR count). The maximum atomic E-state index is 11.2. The van der Waals surface area contributed by atoms with Crippen molar-refractivity contribution >= 4 is 17.9 Å². The summed E-state index contributed by atoms with van der Waals surface area (Å²) in [7, 11) is 0. The molecule has 94 valence electrons. The van der Waals surface area contributed by atoms with Crippen LogP contribution in [0.15, 0.2) is 0 Å².